The van der Waals surface area contributed by atoms with Gasteiger partial charge in [-0.25, -0.2) is 4.79 Å². The number of hydrogen-bond donors (Lipinski definition) is 3. The lowest BCUT2D eigenvalue weighted by molar-refractivity contribution is 0.109. The fourth-order valence-corrected chi connectivity index (χ4v) is 2.65. The summed E-state index contributed by atoms with van der Waals surface area (Å²) >= 11 is 0. The fraction of sp³-hybridized carbons (Fsp3) is 0.923. The number of rotatable bonds is 3. The molecule has 98 valence electrons. The quantitative estimate of drug-likeness (QED) is 0.704. The van der Waals surface area contributed by atoms with Gasteiger partial charge in [-0.15, -0.1) is 0 Å². The van der Waals surface area contributed by atoms with Crippen molar-refractivity contribution in [1.82, 2.24) is 10.6 Å². The molecule has 2 rings (SSSR count). The van der Waals surface area contributed by atoms with Crippen LogP contribution < -0.4 is 10.6 Å². The van der Waals surface area contributed by atoms with Gasteiger partial charge in [0.2, 0.25) is 0 Å². The second kappa shape index (κ2) is 5.25. The molecule has 0 atom stereocenters. The van der Waals surface area contributed by atoms with Crippen molar-refractivity contribution >= 4 is 6.03 Å². The number of aliphatic hydroxyl groups is 1. The van der Waals surface area contributed by atoms with Crippen molar-refractivity contribution in [3.8, 4) is 0 Å². The predicted octanol–water partition coefficient (Wildman–Crippen LogP) is 1.78. The Morgan fingerprint density at radius 2 is 1.94 bits per heavy atom. The Bertz CT molecular complexity index is 269. The molecular weight excluding hydrogens is 216 g/mol. The van der Waals surface area contributed by atoms with Crippen LogP contribution in [0.3, 0.4) is 0 Å². The normalized spacial score (nSPS) is 33.9. The standard InChI is InChI=1S/C13H24N2O2/c1-10-5-7-13(9-16,8-6-10)15-12(17)14-11-3-2-4-11/h10-11,16H,2-9H2,1H3,(H2,14,15,17). The van der Waals surface area contributed by atoms with Crippen LogP contribution in [0.1, 0.15) is 51.9 Å². The minimum Gasteiger partial charge on any atom is -0.394 e. The summed E-state index contributed by atoms with van der Waals surface area (Å²) in [6.07, 6.45) is 7.36. The van der Waals surface area contributed by atoms with Crippen LogP contribution in [-0.4, -0.2) is 29.3 Å². The van der Waals surface area contributed by atoms with Gasteiger partial charge in [-0.2, -0.15) is 0 Å². The van der Waals surface area contributed by atoms with Crippen LogP contribution in [0.15, 0.2) is 0 Å². The van der Waals surface area contributed by atoms with Crippen molar-refractivity contribution < 1.29 is 9.90 Å². The molecule has 2 saturated carbocycles. The summed E-state index contributed by atoms with van der Waals surface area (Å²) < 4.78 is 0. The molecule has 0 aromatic rings. The monoisotopic (exact) mass is 240 g/mol. The van der Waals surface area contributed by atoms with E-state index in [0.29, 0.717) is 12.0 Å². The number of hydrogen-bond acceptors (Lipinski definition) is 2. The highest BCUT2D eigenvalue weighted by molar-refractivity contribution is 5.75. The zero-order valence-electron chi connectivity index (χ0n) is 10.7. The minimum absolute atomic E-state index is 0.0534. The summed E-state index contributed by atoms with van der Waals surface area (Å²) in [5.41, 5.74) is -0.375. The maximum absolute atomic E-state index is 11.8. The van der Waals surface area contributed by atoms with Crippen molar-refractivity contribution in [3.05, 3.63) is 0 Å². The van der Waals surface area contributed by atoms with Gasteiger partial charge in [0.1, 0.15) is 0 Å². The van der Waals surface area contributed by atoms with Crippen LogP contribution in [0, 0.1) is 5.92 Å². The molecule has 2 amide bonds. The molecule has 0 aromatic heterocycles. The smallest absolute Gasteiger partial charge is 0.315 e. The van der Waals surface area contributed by atoms with Crippen LogP contribution in [0.5, 0.6) is 0 Å². The predicted molar refractivity (Wildman–Crippen MR) is 66.8 cm³/mol. The van der Waals surface area contributed by atoms with E-state index in [0.717, 1.165) is 38.5 Å². The Kier molecular flexibility index (Phi) is 3.92. The Labute approximate surface area is 103 Å². The van der Waals surface area contributed by atoms with Gasteiger partial charge in [-0.1, -0.05) is 6.92 Å². The van der Waals surface area contributed by atoms with Gasteiger partial charge < -0.3 is 15.7 Å². The molecule has 0 spiro atoms. The van der Waals surface area contributed by atoms with E-state index in [1.165, 1.54) is 6.42 Å². The molecule has 2 aliphatic carbocycles. The second-order valence-corrected chi connectivity index (χ2v) is 5.85. The second-order valence-electron chi connectivity index (χ2n) is 5.85. The Morgan fingerprint density at radius 1 is 1.29 bits per heavy atom. The number of aliphatic hydroxyl groups excluding tert-OH is 1. The maximum atomic E-state index is 11.8. The lowest BCUT2D eigenvalue weighted by Crippen LogP contribution is -2.58. The van der Waals surface area contributed by atoms with Crippen molar-refractivity contribution in [3.63, 3.8) is 0 Å². The molecule has 17 heavy (non-hydrogen) atoms. The van der Waals surface area contributed by atoms with Crippen LogP contribution in [-0.2, 0) is 0 Å². The summed E-state index contributed by atoms with van der Waals surface area (Å²) in [5.74, 6) is 0.714. The highest BCUT2D eigenvalue weighted by Gasteiger charge is 2.35. The van der Waals surface area contributed by atoms with Crippen molar-refractivity contribution in [2.24, 2.45) is 5.92 Å². The molecule has 0 bridgehead atoms. The minimum atomic E-state index is -0.375. The molecule has 0 aromatic carbocycles. The summed E-state index contributed by atoms with van der Waals surface area (Å²) in [7, 11) is 0. The molecule has 0 heterocycles. The SMILES string of the molecule is CC1CCC(CO)(NC(=O)NC2CCC2)CC1. The zero-order valence-corrected chi connectivity index (χ0v) is 10.7. The van der Waals surface area contributed by atoms with E-state index in [4.69, 9.17) is 0 Å². The largest absolute Gasteiger partial charge is 0.394 e. The summed E-state index contributed by atoms with van der Waals surface area (Å²) in [6, 6.07) is 0.256. The van der Waals surface area contributed by atoms with E-state index >= 15 is 0 Å². The van der Waals surface area contributed by atoms with E-state index < -0.39 is 0 Å². The van der Waals surface area contributed by atoms with Gasteiger partial charge in [0.05, 0.1) is 12.1 Å². The average Bonchev–Trinajstić information content (AvgIpc) is 2.27. The number of carbonyl (C=O) groups is 1. The molecule has 4 nitrogen and oxygen atoms in total. The van der Waals surface area contributed by atoms with E-state index in [1.807, 2.05) is 0 Å². The Morgan fingerprint density at radius 3 is 2.41 bits per heavy atom. The molecule has 2 fully saturated rings. The van der Waals surface area contributed by atoms with Crippen LogP contribution in [0.4, 0.5) is 4.79 Å². The Hall–Kier alpha value is -0.770. The lowest BCUT2D eigenvalue weighted by atomic mass is 9.77. The van der Waals surface area contributed by atoms with Crippen molar-refractivity contribution in [1.29, 1.82) is 0 Å². The van der Waals surface area contributed by atoms with Gasteiger partial charge in [0.25, 0.3) is 0 Å². The molecule has 0 radical (unpaired) electrons. The highest BCUT2D eigenvalue weighted by atomic mass is 16.3. The molecule has 0 saturated heterocycles. The van der Waals surface area contributed by atoms with Gasteiger partial charge in [-0.3, -0.25) is 0 Å². The molecule has 4 heteroatoms. The van der Waals surface area contributed by atoms with Gasteiger partial charge in [0, 0.05) is 6.04 Å². The molecular formula is C13H24N2O2. The fourth-order valence-electron chi connectivity index (χ4n) is 2.65. The Balaban J connectivity index is 1.83. The number of carbonyl (C=O) groups excluding carboxylic acids is 1. The van der Waals surface area contributed by atoms with E-state index in [2.05, 4.69) is 17.6 Å². The third-order valence-electron chi connectivity index (χ3n) is 4.35. The summed E-state index contributed by atoms with van der Waals surface area (Å²) in [5, 5.41) is 15.5. The van der Waals surface area contributed by atoms with Gasteiger partial charge in [-0.05, 0) is 50.9 Å². The molecule has 0 aliphatic heterocycles. The first-order valence-electron chi connectivity index (χ1n) is 6.83. The van der Waals surface area contributed by atoms with Gasteiger partial charge >= 0.3 is 6.03 Å². The third kappa shape index (κ3) is 3.12. The topological polar surface area (TPSA) is 61.4 Å². The number of nitrogens with one attached hydrogen (secondary N) is 2. The summed E-state index contributed by atoms with van der Waals surface area (Å²) in [4.78, 5) is 11.8. The number of amides is 2. The first-order chi connectivity index (χ1) is 8.13. The van der Waals surface area contributed by atoms with Crippen molar-refractivity contribution in [2.45, 2.75) is 63.5 Å². The zero-order chi connectivity index (χ0) is 12.3. The summed E-state index contributed by atoms with van der Waals surface area (Å²) in [6.45, 7) is 2.29. The lowest BCUT2D eigenvalue weighted by Gasteiger charge is -2.39. The average molecular weight is 240 g/mol. The van der Waals surface area contributed by atoms with Crippen molar-refractivity contribution in [2.75, 3.05) is 6.61 Å². The van der Waals surface area contributed by atoms with Crippen LogP contribution in [0.25, 0.3) is 0 Å². The third-order valence-corrected chi connectivity index (χ3v) is 4.35. The maximum Gasteiger partial charge on any atom is 0.315 e. The van der Waals surface area contributed by atoms with E-state index in [1.54, 1.807) is 0 Å². The first kappa shape index (κ1) is 12.7. The number of urea groups is 1. The molecule has 2 aliphatic rings. The highest BCUT2D eigenvalue weighted by Crippen LogP contribution is 2.31. The van der Waals surface area contributed by atoms with E-state index in [9.17, 15) is 9.90 Å². The molecule has 0 unspecified atom stereocenters. The van der Waals surface area contributed by atoms with Crippen LogP contribution >= 0.6 is 0 Å². The van der Waals surface area contributed by atoms with Gasteiger partial charge in [0.15, 0.2) is 0 Å². The van der Waals surface area contributed by atoms with Crippen LogP contribution in [0.2, 0.25) is 0 Å². The van der Waals surface area contributed by atoms with E-state index in [-0.39, 0.29) is 18.2 Å². The first-order valence-corrected chi connectivity index (χ1v) is 6.83. The molecule has 3 N–H and O–H groups in total.